The van der Waals surface area contributed by atoms with Crippen LogP contribution < -0.4 is 20.9 Å². The zero-order chi connectivity index (χ0) is 24.0. The second kappa shape index (κ2) is 10.3. The van der Waals surface area contributed by atoms with Crippen LogP contribution >= 0.6 is 0 Å². The lowest BCUT2D eigenvalue weighted by atomic mass is 10.1. The first-order chi connectivity index (χ1) is 15.7. The van der Waals surface area contributed by atoms with Gasteiger partial charge in [0, 0.05) is 16.8 Å². The molecular formula is C24H26N4O4S. The van der Waals surface area contributed by atoms with Gasteiger partial charge in [0.2, 0.25) is 10.0 Å². The quantitative estimate of drug-likeness (QED) is 0.281. The van der Waals surface area contributed by atoms with Crippen molar-refractivity contribution >= 4 is 27.5 Å². The van der Waals surface area contributed by atoms with Crippen molar-refractivity contribution in [3.8, 4) is 16.9 Å². The van der Waals surface area contributed by atoms with E-state index in [2.05, 4.69) is 5.32 Å². The van der Waals surface area contributed by atoms with Gasteiger partial charge in [0.1, 0.15) is 11.6 Å². The van der Waals surface area contributed by atoms with E-state index in [1.54, 1.807) is 66.7 Å². The summed E-state index contributed by atoms with van der Waals surface area (Å²) in [5, 5.41) is 15.6. The fraction of sp³-hybridized carbons (Fsp3) is 0.167. The Kier molecular flexibility index (Phi) is 7.47. The van der Waals surface area contributed by atoms with Crippen molar-refractivity contribution in [3.63, 3.8) is 0 Å². The van der Waals surface area contributed by atoms with Gasteiger partial charge in [0.25, 0.3) is 5.91 Å². The number of ether oxygens (including phenoxy) is 1. The lowest BCUT2D eigenvalue weighted by molar-refractivity contribution is -0.123. The van der Waals surface area contributed by atoms with Gasteiger partial charge in [0.15, 0.2) is 6.10 Å². The van der Waals surface area contributed by atoms with Crippen LogP contribution in [0.2, 0.25) is 0 Å². The van der Waals surface area contributed by atoms with Crippen LogP contribution in [0.15, 0.2) is 77.7 Å². The first-order valence-electron chi connectivity index (χ1n) is 10.3. The minimum atomic E-state index is -3.87. The van der Waals surface area contributed by atoms with Crippen molar-refractivity contribution < 1.29 is 17.9 Å². The molecule has 0 aromatic heterocycles. The number of carbonyl (C=O) groups excluding carboxylic acids is 1. The number of hydrogen-bond donors (Lipinski definition) is 4. The summed E-state index contributed by atoms with van der Waals surface area (Å²) in [5.41, 5.74) is 7.73. The summed E-state index contributed by atoms with van der Waals surface area (Å²) in [5.74, 6) is 0.160. The molecule has 9 heteroatoms. The van der Waals surface area contributed by atoms with E-state index in [1.165, 1.54) is 6.07 Å². The SMILES string of the molecule is CCCC(Oc1ccc(C(=N)N)cc1)C(=O)Nc1ccc(-c2ccccc2S(N)(=O)=O)cc1. The number of nitrogens with one attached hydrogen (secondary N) is 2. The molecular weight excluding hydrogens is 440 g/mol. The summed E-state index contributed by atoms with van der Waals surface area (Å²) in [4.78, 5) is 12.9. The lowest BCUT2D eigenvalue weighted by Crippen LogP contribution is -2.32. The highest BCUT2D eigenvalue weighted by atomic mass is 32.2. The van der Waals surface area contributed by atoms with E-state index in [0.29, 0.717) is 34.5 Å². The number of anilines is 1. The number of amidine groups is 1. The number of rotatable bonds is 9. The Morgan fingerprint density at radius 2 is 1.67 bits per heavy atom. The lowest BCUT2D eigenvalue weighted by Gasteiger charge is -2.18. The highest BCUT2D eigenvalue weighted by Gasteiger charge is 2.20. The van der Waals surface area contributed by atoms with Gasteiger partial charge >= 0.3 is 0 Å². The predicted octanol–water partition coefficient (Wildman–Crippen LogP) is 3.47. The topological polar surface area (TPSA) is 148 Å². The fourth-order valence-corrected chi connectivity index (χ4v) is 4.05. The van der Waals surface area contributed by atoms with Crippen molar-refractivity contribution in [1.82, 2.24) is 0 Å². The molecule has 8 nitrogen and oxygen atoms in total. The Morgan fingerprint density at radius 3 is 2.24 bits per heavy atom. The highest BCUT2D eigenvalue weighted by molar-refractivity contribution is 7.89. The minimum Gasteiger partial charge on any atom is -0.481 e. The van der Waals surface area contributed by atoms with Crippen LogP contribution in [0.4, 0.5) is 5.69 Å². The van der Waals surface area contributed by atoms with Crippen LogP contribution in [0.1, 0.15) is 25.3 Å². The number of nitrogens with two attached hydrogens (primary N) is 2. The molecule has 6 N–H and O–H groups in total. The molecule has 172 valence electrons. The highest BCUT2D eigenvalue weighted by Crippen LogP contribution is 2.27. The maximum absolute atomic E-state index is 12.8. The van der Waals surface area contributed by atoms with E-state index >= 15 is 0 Å². The Hall–Kier alpha value is -3.69. The minimum absolute atomic E-state index is 0.0361. The summed E-state index contributed by atoms with van der Waals surface area (Å²) < 4.78 is 29.6. The number of carbonyl (C=O) groups is 1. The molecule has 0 bridgehead atoms. The van der Waals surface area contributed by atoms with E-state index in [1.807, 2.05) is 6.92 Å². The van der Waals surface area contributed by atoms with Crippen molar-refractivity contribution in [2.45, 2.75) is 30.8 Å². The number of primary sulfonamides is 1. The molecule has 0 saturated heterocycles. The first-order valence-corrected chi connectivity index (χ1v) is 11.9. The molecule has 0 aliphatic rings. The van der Waals surface area contributed by atoms with Crippen LogP contribution in [0.5, 0.6) is 5.75 Å². The third-order valence-corrected chi connectivity index (χ3v) is 5.91. The van der Waals surface area contributed by atoms with Crippen molar-refractivity contribution in [2.75, 3.05) is 5.32 Å². The van der Waals surface area contributed by atoms with Crippen molar-refractivity contribution in [1.29, 1.82) is 5.41 Å². The Labute approximate surface area is 193 Å². The number of benzene rings is 3. The van der Waals surface area contributed by atoms with Gasteiger partial charge in [-0.3, -0.25) is 10.2 Å². The van der Waals surface area contributed by atoms with E-state index in [4.69, 9.17) is 21.0 Å². The molecule has 0 fully saturated rings. The maximum atomic E-state index is 12.8. The van der Waals surface area contributed by atoms with Gasteiger partial charge < -0.3 is 15.8 Å². The first kappa shape index (κ1) is 24.0. The maximum Gasteiger partial charge on any atom is 0.265 e. The van der Waals surface area contributed by atoms with Crippen LogP contribution in [0.3, 0.4) is 0 Å². The normalized spacial score (nSPS) is 12.1. The van der Waals surface area contributed by atoms with E-state index in [9.17, 15) is 13.2 Å². The second-order valence-electron chi connectivity index (χ2n) is 7.44. The molecule has 3 aromatic carbocycles. The molecule has 0 saturated carbocycles. The van der Waals surface area contributed by atoms with Crippen molar-refractivity contribution in [3.05, 3.63) is 78.4 Å². The molecule has 0 heterocycles. The molecule has 0 radical (unpaired) electrons. The molecule has 1 unspecified atom stereocenters. The third-order valence-electron chi connectivity index (χ3n) is 4.94. The Balaban J connectivity index is 1.74. The molecule has 33 heavy (non-hydrogen) atoms. The standard InChI is InChI=1S/C24H26N4O4S/c1-2-5-21(32-19-14-10-17(11-15-19)23(25)26)24(29)28-18-12-8-16(9-13-18)20-6-3-4-7-22(20)33(27,30)31/h3-4,6-15,21H,2,5H2,1H3,(H3,25,26)(H,28,29)(H2,27,30,31). The predicted molar refractivity (Wildman–Crippen MR) is 129 cm³/mol. The van der Waals surface area contributed by atoms with E-state index < -0.39 is 16.1 Å². The van der Waals surface area contributed by atoms with E-state index in [0.717, 1.165) is 6.42 Å². The summed E-state index contributed by atoms with van der Waals surface area (Å²) >= 11 is 0. The third kappa shape index (κ3) is 6.18. The second-order valence-corrected chi connectivity index (χ2v) is 8.97. The van der Waals surface area contributed by atoms with Gasteiger partial charge in [-0.25, -0.2) is 13.6 Å². The summed E-state index contributed by atoms with van der Waals surface area (Å²) in [6.07, 6.45) is 0.550. The van der Waals surface area contributed by atoms with Gasteiger partial charge in [-0.2, -0.15) is 0 Å². The molecule has 0 aliphatic heterocycles. The van der Waals surface area contributed by atoms with Crippen LogP contribution in [-0.2, 0) is 14.8 Å². The molecule has 1 amide bonds. The zero-order valence-electron chi connectivity index (χ0n) is 18.1. The van der Waals surface area contributed by atoms with Gasteiger partial charge in [-0.1, -0.05) is 43.7 Å². The summed E-state index contributed by atoms with van der Waals surface area (Å²) in [6.45, 7) is 1.96. The molecule has 1 atom stereocenters. The monoisotopic (exact) mass is 466 g/mol. The smallest absolute Gasteiger partial charge is 0.265 e. The average molecular weight is 467 g/mol. The van der Waals surface area contributed by atoms with E-state index in [-0.39, 0.29) is 16.6 Å². The molecule has 3 aromatic rings. The number of sulfonamides is 1. The molecule has 0 aliphatic carbocycles. The molecule has 0 spiro atoms. The summed E-state index contributed by atoms with van der Waals surface area (Å²) in [6, 6.07) is 20.0. The molecule has 3 rings (SSSR count). The fourth-order valence-electron chi connectivity index (χ4n) is 3.29. The van der Waals surface area contributed by atoms with Gasteiger partial charge in [-0.05, 0) is 54.4 Å². The van der Waals surface area contributed by atoms with Crippen LogP contribution in [-0.4, -0.2) is 26.3 Å². The van der Waals surface area contributed by atoms with Crippen LogP contribution in [0.25, 0.3) is 11.1 Å². The van der Waals surface area contributed by atoms with Gasteiger partial charge in [0.05, 0.1) is 4.90 Å². The summed E-state index contributed by atoms with van der Waals surface area (Å²) in [7, 11) is -3.87. The van der Waals surface area contributed by atoms with Gasteiger partial charge in [-0.15, -0.1) is 0 Å². The van der Waals surface area contributed by atoms with Crippen LogP contribution in [0, 0.1) is 5.41 Å². The number of hydrogen-bond acceptors (Lipinski definition) is 5. The van der Waals surface area contributed by atoms with Crippen molar-refractivity contribution in [2.24, 2.45) is 10.9 Å². The average Bonchev–Trinajstić information content (AvgIpc) is 2.79. The Morgan fingerprint density at radius 1 is 1.03 bits per heavy atom. The zero-order valence-corrected chi connectivity index (χ0v) is 18.9. The Bertz CT molecular complexity index is 1240. The largest absolute Gasteiger partial charge is 0.481 e. The number of nitrogen functional groups attached to an aromatic ring is 1. The number of amides is 1.